The summed E-state index contributed by atoms with van der Waals surface area (Å²) in [6.07, 6.45) is -2.67. The van der Waals surface area contributed by atoms with Crippen LogP contribution in [0, 0.1) is 6.92 Å². The molecule has 0 radical (unpaired) electrons. The molecule has 0 N–H and O–H groups in total. The third-order valence-corrected chi connectivity index (χ3v) is 5.70. The Bertz CT molecular complexity index is 667. The van der Waals surface area contributed by atoms with Gasteiger partial charge in [-0.3, -0.25) is 4.21 Å². The van der Waals surface area contributed by atoms with E-state index in [1.165, 1.54) is 0 Å². The first-order chi connectivity index (χ1) is 10.5. The zero-order valence-electron chi connectivity index (χ0n) is 12.0. The molecule has 1 fully saturated rings. The van der Waals surface area contributed by atoms with Crippen LogP contribution in [0.25, 0.3) is 0 Å². The number of hydrogen-bond acceptors (Lipinski definition) is 2. The highest BCUT2D eigenvalue weighted by atomic mass is 32.2. The fourth-order valence-electron chi connectivity index (χ4n) is 2.50. The predicted octanol–water partition coefficient (Wildman–Crippen LogP) is 3.88. The standard InChI is InChI=1S/C17H16F2O2S/c1-12-7-9-14(10-8-12)22(20)15(13-5-3-2-4-6-13)17(11-21-17)16(18)19/h2-10,15-16H,11H2,1H3/t15-,17+,22?/m0/s1. The molecule has 1 heterocycles. The first kappa shape index (κ1) is 15.3. The molecule has 116 valence electrons. The Labute approximate surface area is 130 Å². The quantitative estimate of drug-likeness (QED) is 0.782. The summed E-state index contributed by atoms with van der Waals surface area (Å²) in [5.41, 5.74) is -0.000595. The molecule has 0 amide bonds. The van der Waals surface area contributed by atoms with E-state index in [4.69, 9.17) is 4.74 Å². The summed E-state index contributed by atoms with van der Waals surface area (Å²) in [6, 6.07) is 15.9. The lowest BCUT2D eigenvalue weighted by Crippen LogP contribution is -2.33. The largest absolute Gasteiger partial charge is 0.362 e. The van der Waals surface area contributed by atoms with Gasteiger partial charge in [-0.1, -0.05) is 48.0 Å². The Kier molecular flexibility index (Phi) is 4.10. The summed E-state index contributed by atoms with van der Waals surface area (Å²) >= 11 is 0. The van der Waals surface area contributed by atoms with E-state index in [0.29, 0.717) is 10.5 Å². The van der Waals surface area contributed by atoms with E-state index in [2.05, 4.69) is 0 Å². The summed E-state index contributed by atoms with van der Waals surface area (Å²) in [4.78, 5) is 0.537. The van der Waals surface area contributed by atoms with Gasteiger partial charge < -0.3 is 4.74 Å². The Morgan fingerprint density at radius 3 is 2.18 bits per heavy atom. The minimum Gasteiger partial charge on any atom is -0.362 e. The highest BCUT2D eigenvalue weighted by molar-refractivity contribution is 7.85. The van der Waals surface area contributed by atoms with E-state index >= 15 is 0 Å². The molecule has 1 aliphatic rings. The van der Waals surface area contributed by atoms with E-state index < -0.39 is 28.1 Å². The van der Waals surface area contributed by atoms with Crippen LogP contribution in [0.3, 0.4) is 0 Å². The monoisotopic (exact) mass is 322 g/mol. The maximum Gasteiger partial charge on any atom is 0.270 e. The second kappa shape index (κ2) is 5.89. The van der Waals surface area contributed by atoms with Crippen LogP contribution in [0.5, 0.6) is 0 Å². The molecule has 0 aliphatic carbocycles. The molecule has 2 aromatic rings. The Morgan fingerprint density at radius 1 is 1.09 bits per heavy atom. The molecule has 0 saturated carbocycles. The van der Waals surface area contributed by atoms with Gasteiger partial charge in [0.1, 0.15) is 5.25 Å². The normalized spacial score (nSPS) is 23.3. The number of rotatable bonds is 5. The van der Waals surface area contributed by atoms with Gasteiger partial charge in [0.25, 0.3) is 6.43 Å². The van der Waals surface area contributed by atoms with Gasteiger partial charge in [0.2, 0.25) is 0 Å². The number of hydrogen-bond donors (Lipinski definition) is 0. The number of aryl methyl sites for hydroxylation is 1. The highest BCUT2D eigenvalue weighted by Gasteiger charge is 2.62. The van der Waals surface area contributed by atoms with Gasteiger partial charge in [0.15, 0.2) is 5.60 Å². The fourth-order valence-corrected chi connectivity index (χ4v) is 4.18. The molecule has 5 heteroatoms. The number of alkyl halides is 2. The predicted molar refractivity (Wildman–Crippen MR) is 81.5 cm³/mol. The summed E-state index contributed by atoms with van der Waals surface area (Å²) < 4.78 is 45.0. The second-order valence-corrected chi connectivity index (χ2v) is 6.98. The molecule has 2 nitrogen and oxygen atoms in total. The minimum atomic E-state index is -2.67. The van der Waals surface area contributed by atoms with Gasteiger partial charge in [-0.05, 0) is 24.6 Å². The zero-order valence-corrected chi connectivity index (χ0v) is 12.9. The molecule has 3 atom stereocenters. The van der Waals surface area contributed by atoms with Crippen molar-refractivity contribution in [3.63, 3.8) is 0 Å². The van der Waals surface area contributed by atoms with Crippen LogP contribution in [0.4, 0.5) is 8.78 Å². The molecular formula is C17H16F2O2S. The van der Waals surface area contributed by atoms with Gasteiger partial charge >= 0.3 is 0 Å². The Hall–Kier alpha value is -1.59. The highest BCUT2D eigenvalue weighted by Crippen LogP contribution is 2.49. The van der Waals surface area contributed by atoms with Crippen molar-refractivity contribution in [2.45, 2.75) is 29.1 Å². The average molecular weight is 322 g/mol. The van der Waals surface area contributed by atoms with Crippen molar-refractivity contribution in [1.82, 2.24) is 0 Å². The molecule has 0 spiro atoms. The fraction of sp³-hybridized carbons (Fsp3) is 0.294. The molecule has 0 aromatic heterocycles. The number of epoxide rings is 1. The van der Waals surface area contributed by atoms with Crippen LogP contribution < -0.4 is 0 Å². The van der Waals surface area contributed by atoms with E-state index in [0.717, 1.165) is 5.56 Å². The van der Waals surface area contributed by atoms with Crippen molar-refractivity contribution in [3.8, 4) is 0 Å². The third-order valence-electron chi connectivity index (χ3n) is 3.86. The molecule has 3 rings (SSSR count). The summed E-state index contributed by atoms with van der Waals surface area (Å²) in [6.45, 7) is 1.86. The summed E-state index contributed by atoms with van der Waals surface area (Å²) in [5.74, 6) is 0. The molecule has 2 aromatic carbocycles. The number of ether oxygens (including phenoxy) is 1. The lowest BCUT2D eigenvalue weighted by molar-refractivity contribution is 0.0446. The molecule has 0 bridgehead atoms. The summed E-state index contributed by atoms with van der Waals surface area (Å²) in [5, 5.41) is -0.878. The Morgan fingerprint density at radius 2 is 1.68 bits per heavy atom. The van der Waals surface area contributed by atoms with Gasteiger partial charge in [0.05, 0.1) is 17.4 Å². The van der Waals surface area contributed by atoms with E-state index in [-0.39, 0.29) is 6.61 Å². The van der Waals surface area contributed by atoms with Crippen LogP contribution in [0.15, 0.2) is 59.5 Å². The smallest absolute Gasteiger partial charge is 0.270 e. The van der Waals surface area contributed by atoms with Gasteiger partial charge in [-0.2, -0.15) is 0 Å². The van der Waals surface area contributed by atoms with Gasteiger partial charge in [0, 0.05) is 4.90 Å². The maximum absolute atomic E-state index is 13.5. The van der Waals surface area contributed by atoms with E-state index in [1.807, 2.05) is 19.1 Å². The molecule has 1 saturated heterocycles. The first-order valence-electron chi connectivity index (χ1n) is 6.99. The molecular weight excluding hydrogens is 306 g/mol. The van der Waals surface area contributed by atoms with Crippen LogP contribution >= 0.6 is 0 Å². The summed E-state index contributed by atoms with van der Waals surface area (Å²) in [7, 11) is -1.61. The van der Waals surface area contributed by atoms with E-state index in [9.17, 15) is 13.0 Å². The van der Waals surface area contributed by atoms with Gasteiger partial charge in [-0.15, -0.1) is 0 Å². The second-order valence-electron chi connectivity index (χ2n) is 5.45. The topological polar surface area (TPSA) is 29.6 Å². The van der Waals surface area contributed by atoms with Crippen LogP contribution in [-0.4, -0.2) is 22.8 Å². The van der Waals surface area contributed by atoms with Crippen molar-refractivity contribution >= 4 is 10.8 Å². The maximum atomic E-state index is 13.5. The number of halogens is 2. The first-order valence-corrected chi connectivity index (χ1v) is 8.20. The van der Waals surface area contributed by atoms with Crippen LogP contribution in [0.2, 0.25) is 0 Å². The van der Waals surface area contributed by atoms with Gasteiger partial charge in [-0.25, -0.2) is 8.78 Å². The molecule has 1 unspecified atom stereocenters. The van der Waals surface area contributed by atoms with Crippen molar-refractivity contribution in [3.05, 3.63) is 65.7 Å². The lowest BCUT2D eigenvalue weighted by Gasteiger charge is -2.23. The molecule has 1 aliphatic heterocycles. The van der Waals surface area contributed by atoms with E-state index in [1.54, 1.807) is 42.5 Å². The van der Waals surface area contributed by atoms with Crippen molar-refractivity contribution in [1.29, 1.82) is 0 Å². The SMILES string of the molecule is Cc1ccc(S(=O)[C@@H](c2ccccc2)[C@@]2(C(F)F)CO2)cc1. The third kappa shape index (κ3) is 2.71. The van der Waals surface area contributed by atoms with Crippen LogP contribution in [-0.2, 0) is 15.5 Å². The van der Waals surface area contributed by atoms with Crippen molar-refractivity contribution < 1.29 is 17.7 Å². The minimum absolute atomic E-state index is 0.0676. The van der Waals surface area contributed by atoms with Crippen LogP contribution in [0.1, 0.15) is 16.4 Å². The zero-order chi connectivity index (χ0) is 15.7. The average Bonchev–Trinajstić information content (AvgIpc) is 3.31. The molecule has 22 heavy (non-hydrogen) atoms. The van der Waals surface area contributed by atoms with Crippen molar-refractivity contribution in [2.24, 2.45) is 0 Å². The van der Waals surface area contributed by atoms with Crippen molar-refractivity contribution in [2.75, 3.05) is 6.61 Å². The lowest BCUT2D eigenvalue weighted by atomic mass is 10.00. The number of benzene rings is 2. The Balaban J connectivity index is 2.03.